The van der Waals surface area contributed by atoms with Crippen molar-refractivity contribution in [1.29, 1.82) is 0 Å². The molecule has 1 aromatic heterocycles. The summed E-state index contributed by atoms with van der Waals surface area (Å²) in [6.45, 7) is 3.76. The second-order valence-corrected chi connectivity index (χ2v) is 6.97. The first-order valence-electron chi connectivity index (χ1n) is 7.76. The molecular weight excluding hydrogens is 340 g/mol. The Morgan fingerprint density at radius 3 is 2.68 bits per heavy atom. The van der Waals surface area contributed by atoms with Gasteiger partial charge in [0.1, 0.15) is 11.6 Å². The number of aryl methyl sites for hydroxylation is 1. The van der Waals surface area contributed by atoms with Gasteiger partial charge in [-0.05, 0) is 42.5 Å². The molecule has 3 heterocycles. The lowest BCUT2D eigenvalue weighted by Crippen LogP contribution is -2.34. The molecule has 0 radical (unpaired) electrons. The molecule has 126 valence electrons. The van der Waals surface area contributed by atoms with E-state index in [0.29, 0.717) is 10.6 Å². The highest BCUT2D eigenvalue weighted by Crippen LogP contribution is 2.36. The number of thiophene rings is 1. The predicted molar refractivity (Wildman–Crippen MR) is 92.9 cm³/mol. The summed E-state index contributed by atoms with van der Waals surface area (Å²) in [6, 6.07) is 8.83. The lowest BCUT2D eigenvalue weighted by atomic mass is 9.96. The van der Waals surface area contributed by atoms with Gasteiger partial charge in [-0.2, -0.15) is 0 Å². The Labute approximate surface area is 147 Å². The van der Waals surface area contributed by atoms with Crippen LogP contribution >= 0.6 is 11.3 Å². The highest BCUT2D eigenvalue weighted by molar-refractivity contribution is 7.13. The Bertz CT molecular complexity index is 933. The smallest absolute Gasteiger partial charge is 0.278 e. The minimum absolute atomic E-state index is 0.00129. The first kappa shape index (κ1) is 15.7. The van der Waals surface area contributed by atoms with Crippen molar-refractivity contribution in [3.63, 3.8) is 0 Å². The van der Waals surface area contributed by atoms with Crippen LogP contribution in [0, 0.1) is 19.8 Å². The van der Waals surface area contributed by atoms with Gasteiger partial charge in [-0.1, -0.05) is 23.4 Å². The number of carbonyl (C=O) groups excluding carboxylic acids is 3. The van der Waals surface area contributed by atoms with Crippen molar-refractivity contribution in [2.75, 3.05) is 4.90 Å². The third-order valence-corrected chi connectivity index (χ3v) is 5.48. The van der Waals surface area contributed by atoms with Crippen molar-refractivity contribution in [2.24, 2.45) is 11.1 Å². The predicted octanol–water partition coefficient (Wildman–Crippen LogP) is 2.49. The van der Waals surface area contributed by atoms with Gasteiger partial charge < -0.3 is 4.84 Å². The van der Waals surface area contributed by atoms with Gasteiger partial charge in [0.2, 0.25) is 17.8 Å². The molecule has 2 aliphatic rings. The molecule has 2 aromatic rings. The standard InChI is InChI=1S/C18H14N2O4S/c1-9-5-3-6-11(10(9)2)20-17(22)13-14(19-24-16(13)18(20)23)15(21)12-7-4-8-25-12/h3-8,13,16H,1-2H3. The summed E-state index contributed by atoms with van der Waals surface area (Å²) in [5, 5.41) is 5.52. The zero-order chi connectivity index (χ0) is 17.7. The molecule has 2 aliphatic heterocycles. The SMILES string of the molecule is Cc1cccc(N2C(=O)C3ON=C(C(=O)c4cccs4)C3C2=O)c1C. The van der Waals surface area contributed by atoms with Crippen molar-refractivity contribution in [1.82, 2.24) is 0 Å². The first-order chi connectivity index (χ1) is 12.0. The maximum Gasteiger partial charge on any atom is 0.278 e. The van der Waals surface area contributed by atoms with Crippen LogP contribution in [0.3, 0.4) is 0 Å². The van der Waals surface area contributed by atoms with Crippen molar-refractivity contribution < 1.29 is 19.2 Å². The molecule has 1 fully saturated rings. The zero-order valence-corrected chi connectivity index (χ0v) is 14.4. The summed E-state index contributed by atoms with van der Waals surface area (Å²) in [7, 11) is 0. The van der Waals surface area contributed by atoms with E-state index >= 15 is 0 Å². The number of Topliss-reactive ketones (excluding diaryl/α,β-unsaturated/α-hetero) is 1. The molecule has 25 heavy (non-hydrogen) atoms. The van der Waals surface area contributed by atoms with E-state index < -0.39 is 23.8 Å². The van der Waals surface area contributed by atoms with Crippen molar-refractivity contribution >= 4 is 40.3 Å². The van der Waals surface area contributed by atoms with Gasteiger partial charge in [0.25, 0.3) is 5.91 Å². The second-order valence-electron chi connectivity index (χ2n) is 6.02. The van der Waals surface area contributed by atoms with Crippen LogP contribution < -0.4 is 4.90 Å². The number of benzene rings is 1. The molecule has 0 spiro atoms. The fourth-order valence-corrected chi connectivity index (χ4v) is 3.79. The molecule has 0 bridgehead atoms. The molecule has 2 amide bonds. The van der Waals surface area contributed by atoms with Crippen LogP contribution in [-0.2, 0) is 14.4 Å². The van der Waals surface area contributed by atoms with Crippen LogP contribution in [0.2, 0.25) is 0 Å². The molecule has 6 nitrogen and oxygen atoms in total. The largest absolute Gasteiger partial charge is 0.381 e. The number of fused-ring (bicyclic) bond motifs is 1. The molecule has 2 atom stereocenters. The highest BCUT2D eigenvalue weighted by atomic mass is 32.1. The Balaban J connectivity index is 1.72. The number of imide groups is 1. The Kier molecular flexibility index (Phi) is 3.54. The number of rotatable bonds is 3. The number of hydrogen-bond donors (Lipinski definition) is 0. The minimum Gasteiger partial charge on any atom is -0.381 e. The molecule has 1 aromatic carbocycles. The van der Waals surface area contributed by atoms with Gasteiger partial charge in [-0.25, -0.2) is 4.90 Å². The maximum atomic E-state index is 12.9. The molecule has 1 saturated heterocycles. The zero-order valence-electron chi connectivity index (χ0n) is 13.6. The average molecular weight is 354 g/mol. The summed E-state index contributed by atoms with van der Waals surface area (Å²) < 4.78 is 0. The van der Waals surface area contributed by atoms with E-state index in [1.807, 2.05) is 19.9 Å². The Morgan fingerprint density at radius 2 is 1.96 bits per heavy atom. The molecule has 0 saturated carbocycles. The van der Waals surface area contributed by atoms with Gasteiger partial charge in [0, 0.05) is 0 Å². The van der Waals surface area contributed by atoms with Crippen molar-refractivity contribution in [2.45, 2.75) is 20.0 Å². The van der Waals surface area contributed by atoms with E-state index in [2.05, 4.69) is 5.16 Å². The van der Waals surface area contributed by atoms with Crippen LogP contribution in [0.5, 0.6) is 0 Å². The first-order valence-corrected chi connectivity index (χ1v) is 8.64. The number of nitrogens with zero attached hydrogens (tertiary/aromatic N) is 2. The van der Waals surface area contributed by atoms with Gasteiger partial charge in [0.15, 0.2) is 0 Å². The van der Waals surface area contributed by atoms with Crippen LogP contribution in [0.1, 0.15) is 20.8 Å². The van der Waals surface area contributed by atoms with E-state index in [9.17, 15) is 14.4 Å². The maximum absolute atomic E-state index is 12.9. The molecule has 0 aliphatic carbocycles. The van der Waals surface area contributed by atoms with Crippen molar-refractivity contribution in [3.8, 4) is 0 Å². The number of ketones is 1. The fraction of sp³-hybridized carbons (Fsp3) is 0.222. The fourth-order valence-electron chi connectivity index (χ4n) is 3.12. The Hall–Kier alpha value is -2.80. The average Bonchev–Trinajstić information content (AvgIpc) is 3.30. The summed E-state index contributed by atoms with van der Waals surface area (Å²) >= 11 is 1.26. The lowest BCUT2D eigenvalue weighted by molar-refractivity contribution is -0.126. The third kappa shape index (κ3) is 2.23. The molecule has 0 N–H and O–H groups in total. The minimum atomic E-state index is -1.06. The van der Waals surface area contributed by atoms with E-state index in [1.165, 1.54) is 11.3 Å². The number of anilines is 1. The quantitative estimate of drug-likeness (QED) is 0.627. The van der Waals surface area contributed by atoms with Crippen LogP contribution in [0.15, 0.2) is 40.9 Å². The number of amides is 2. The number of hydrogen-bond acceptors (Lipinski definition) is 6. The molecule has 2 unspecified atom stereocenters. The van der Waals surface area contributed by atoms with Gasteiger partial charge in [-0.15, -0.1) is 11.3 Å². The number of carbonyl (C=O) groups is 3. The van der Waals surface area contributed by atoms with E-state index in [-0.39, 0.29) is 11.5 Å². The monoisotopic (exact) mass is 354 g/mol. The highest BCUT2D eigenvalue weighted by Gasteiger charge is 2.57. The number of oxime groups is 1. The molecule has 7 heteroatoms. The molecule has 4 rings (SSSR count). The second kappa shape index (κ2) is 5.63. The Morgan fingerprint density at radius 1 is 1.16 bits per heavy atom. The lowest BCUT2D eigenvalue weighted by Gasteiger charge is -2.18. The van der Waals surface area contributed by atoms with Crippen LogP contribution in [0.25, 0.3) is 0 Å². The van der Waals surface area contributed by atoms with Gasteiger partial charge in [0.05, 0.1) is 10.6 Å². The summed E-state index contributed by atoms with van der Waals surface area (Å²) in [5.74, 6) is -2.31. The van der Waals surface area contributed by atoms with Crippen LogP contribution in [0.4, 0.5) is 5.69 Å². The summed E-state index contributed by atoms with van der Waals surface area (Å²) in [4.78, 5) is 45.0. The van der Waals surface area contributed by atoms with Gasteiger partial charge >= 0.3 is 0 Å². The topological polar surface area (TPSA) is 76.0 Å². The van der Waals surface area contributed by atoms with Crippen molar-refractivity contribution in [3.05, 3.63) is 51.7 Å². The summed E-state index contributed by atoms with van der Waals surface area (Å²) in [5.41, 5.74) is 2.33. The van der Waals surface area contributed by atoms with Gasteiger partial charge in [-0.3, -0.25) is 14.4 Å². The molecular formula is C18H14N2O4S. The third-order valence-electron chi connectivity index (χ3n) is 4.61. The van der Waals surface area contributed by atoms with Crippen LogP contribution in [-0.4, -0.2) is 29.4 Å². The van der Waals surface area contributed by atoms with E-state index in [1.54, 1.807) is 29.6 Å². The summed E-state index contributed by atoms with van der Waals surface area (Å²) in [6.07, 6.45) is -1.06. The van der Waals surface area contributed by atoms with E-state index in [4.69, 9.17) is 4.84 Å². The van der Waals surface area contributed by atoms with E-state index in [0.717, 1.165) is 16.0 Å². The normalized spacial score (nSPS) is 22.0.